The number of carbonyl (C=O) groups is 3. The Bertz CT molecular complexity index is 784. The summed E-state index contributed by atoms with van der Waals surface area (Å²) in [4.78, 5) is 41.0. The van der Waals surface area contributed by atoms with Crippen LogP contribution in [0.25, 0.3) is 0 Å². The highest BCUT2D eigenvalue weighted by Gasteiger charge is 2.38. The molecular formula is C16H9F2NO5. The Hall–Kier alpha value is -3.29. The lowest BCUT2D eigenvalue weighted by atomic mass is 10.1. The van der Waals surface area contributed by atoms with Crippen LogP contribution in [0.2, 0.25) is 0 Å². The molecule has 2 amide bonds. The fraction of sp³-hybridized carbons (Fsp3) is 0.0625. The minimum Gasteiger partial charge on any atom is -0.435 e. The molecule has 0 unspecified atom stereocenters. The maximum absolute atomic E-state index is 12.1. The van der Waals surface area contributed by atoms with Crippen molar-refractivity contribution in [3.8, 4) is 5.75 Å². The molecule has 0 saturated heterocycles. The van der Waals surface area contributed by atoms with E-state index in [2.05, 4.69) is 4.74 Å². The zero-order valence-electron chi connectivity index (χ0n) is 11.9. The monoisotopic (exact) mass is 333 g/mol. The van der Waals surface area contributed by atoms with Gasteiger partial charge in [0.2, 0.25) is 0 Å². The molecule has 0 spiro atoms. The number of hydrogen-bond acceptors (Lipinski definition) is 5. The molecule has 0 bridgehead atoms. The lowest BCUT2D eigenvalue weighted by Crippen LogP contribution is -2.32. The van der Waals surface area contributed by atoms with Gasteiger partial charge in [0.15, 0.2) is 0 Å². The van der Waals surface area contributed by atoms with E-state index in [0.29, 0.717) is 5.06 Å². The Morgan fingerprint density at radius 2 is 1.46 bits per heavy atom. The van der Waals surface area contributed by atoms with Gasteiger partial charge in [-0.3, -0.25) is 9.59 Å². The smallest absolute Gasteiger partial charge is 0.387 e. The number of carbonyl (C=O) groups excluding carboxylic acids is 3. The van der Waals surface area contributed by atoms with Crippen LogP contribution in [0.4, 0.5) is 8.78 Å². The highest BCUT2D eigenvalue weighted by molar-refractivity contribution is 6.21. The van der Waals surface area contributed by atoms with Crippen molar-refractivity contribution < 1.29 is 32.7 Å². The number of hydrogen-bond donors (Lipinski definition) is 0. The maximum atomic E-state index is 12.1. The zero-order chi connectivity index (χ0) is 17.3. The Morgan fingerprint density at radius 1 is 0.917 bits per heavy atom. The number of imide groups is 1. The standard InChI is InChI=1S/C16H9F2NO5/c17-16(18)23-10-7-5-9(6-8-10)15(22)24-19-13(20)11-3-1-2-4-12(11)14(19)21/h1-8,16H. The second-order valence-corrected chi connectivity index (χ2v) is 4.73. The van der Waals surface area contributed by atoms with E-state index in [4.69, 9.17) is 4.84 Å². The lowest BCUT2D eigenvalue weighted by Gasteiger charge is -2.12. The third kappa shape index (κ3) is 2.81. The summed E-state index contributed by atoms with van der Waals surface area (Å²) in [7, 11) is 0. The first-order valence-corrected chi connectivity index (χ1v) is 6.72. The van der Waals surface area contributed by atoms with Gasteiger partial charge in [-0.25, -0.2) is 4.79 Å². The number of rotatable bonds is 4. The van der Waals surface area contributed by atoms with Crippen molar-refractivity contribution in [1.29, 1.82) is 0 Å². The van der Waals surface area contributed by atoms with Gasteiger partial charge in [-0.2, -0.15) is 8.78 Å². The minimum atomic E-state index is -2.99. The molecule has 1 aliphatic rings. The maximum Gasteiger partial charge on any atom is 0.387 e. The van der Waals surface area contributed by atoms with Crippen molar-refractivity contribution in [3.05, 3.63) is 65.2 Å². The van der Waals surface area contributed by atoms with Gasteiger partial charge in [-0.05, 0) is 36.4 Å². The summed E-state index contributed by atoms with van der Waals surface area (Å²) >= 11 is 0. The SMILES string of the molecule is O=C(ON1C(=O)c2ccccc2C1=O)c1ccc(OC(F)F)cc1. The van der Waals surface area contributed by atoms with Gasteiger partial charge in [0.05, 0.1) is 16.7 Å². The number of fused-ring (bicyclic) bond motifs is 1. The molecule has 0 aromatic heterocycles. The Labute approximate surface area is 134 Å². The Balaban J connectivity index is 1.74. The van der Waals surface area contributed by atoms with E-state index in [9.17, 15) is 23.2 Å². The summed E-state index contributed by atoms with van der Waals surface area (Å²) < 4.78 is 28.3. The van der Waals surface area contributed by atoms with Gasteiger partial charge in [-0.1, -0.05) is 17.2 Å². The van der Waals surface area contributed by atoms with Crippen LogP contribution in [0.15, 0.2) is 48.5 Å². The molecule has 0 atom stereocenters. The van der Waals surface area contributed by atoms with Gasteiger partial charge in [0.1, 0.15) is 5.75 Å². The second kappa shape index (κ2) is 6.07. The van der Waals surface area contributed by atoms with Crippen LogP contribution >= 0.6 is 0 Å². The number of benzene rings is 2. The first kappa shape index (κ1) is 15.6. The molecular weight excluding hydrogens is 324 g/mol. The number of ether oxygens (including phenoxy) is 1. The molecule has 24 heavy (non-hydrogen) atoms. The largest absolute Gasteiger partial charge is 0.435 e. The number of halogens is 2. The van der Waals surface area contributed by atoms with E-state index in [1.807, 2.05) is 0 Å². The molecule has 6 nitrogen and oxygen atoms in total. The zero-order valence-corrected chi connectivity index (χ0v) is 11.9. The Morgan fingerprint density at radius 3 is 1.96 bits per heavy atom. The molecule has 0 radical (unpaired) electrons. The van der Waals surface area contributed by atoms with Gasteiger partial charge >= 0.3 is 12.6 Å². The van der Waals surface area contributed by atoms with Gasteiger partial charge < -0.3 is 9.57 Å². The van der Waals surface area contributed by atoms with Crippen LogP contribution in [0.3, 0.4) is 0 Å². The average Bonchev–Trinajstić information content (AvgIpc) is 2.80. The van der Waals surface area contributed by atoms with Crippen molar-refractivity contribution in [2.24, 2.45) is 0 Å². The fourth-order valence-corrected chi connectivity index (χ4v) is 2.16. The van der Waals surface area contributed by atoms with Gasteiger partial charge in [0.25, 0.3) is 11.8 Å². The number of amides is 2. The highest BCUT2D eigenvalue weighted by Crippen LogP contribution is 2.23. The van der Waals surface area contributed by atoms with E-state index >= 15 is 0 Å². The molecule has 2 aromatic carbocycles. The Kier molecular flexibility index (Phi) is 3.95. The molecule has 8 heteroatoms. The highest BCUT2D eigenvalue weighted by atomic mass is 19.3. The summed E-state index contributed by atoms with van der Waals surface area (Å²) in [5.74, 6) is -2.61. The second-order valence-electron chi connectivity index (χ2n) is 4.73. The third-order valence-corrected chi connectivity index (χ3v) is 3.25. The predicted molar refractivity (Wildman–Crippen MR) is 75.4 cm³/mol. The molecule has 3 rings (SSSR count). The molecule has 0 N–H and O–H groups in total. The van der Waals surface area contributed by atoms with Crippen molar-refractivity contribution in [2.75, 3.05) is 0 Å². The van der Waals surface area contributed by atoms with Gasteiger partial charge in [-0.15, -0.1) is 0 Å². The first-order chi connectivity index (χ1) is 11.5. The summed E-state index contributed by atoms with van der Waals surface area (Å²) in [6.07, 6.45) is 0. The quantitative estimate of drug-likeness (QED) is 0.804. The molecule has 122 valence electrons. The van der Waals surface area contributed by atoms with E-state index in [1.54, 1.807) is 12.1 Å². The number of alkyl halides is 2. The molecule has 0 fully saturated rings. The van der Waals surface area contributed by atoms with Crippen LogP contribution < -0.4 is 4.74 Å². The van der Waals surface area contributed by atoms with E-state index in [0.717, 1.165) is 12.1 Å². The van der Waals surface area contributed by atoms with E-state index < -0.39 is 24.4 Å². The normalized spacial score (nSPS) is 13.2. The molecule has 0 saturated carbocycles. The van der Waals surface area contributed by atoms with Gasteiger partial charge in [0, 0.05) is 0 Å². The van der Waals surface area contributed by atoms with Crippen molar-refractivity contribution in [3.63, 3.8) is 0 Å². The average molecular weight is 333 g/mol. The number of hydroxylamine groups is 2. The molecule has 1 aliphatic heterocycles. The fourth-order valence-electron chi connectivity index (χ4n) is 2.16. The lowest BCUT2D eigenvalue weighted by molar-refractivity contribution is -0.0585. The molecule has 2 aromatic rings. The topological polar surface area (TPSA) is 72.9 Å². The summed E-state index contributed by atoms with van der Waals surface area (Å²) in [6.45, 7) is -2.99. The molecule has 1 heterocycles. The summed E-state index contributed by atoms with van der Waals surface area (Å²) in [5, 5.41) is 0.372. The minimum absolute atomic E-state index is 0.0341. The van der Waals surface area contributed by atoms with Crippen LogP contribution in [-0.4, -0.2) is 29.5 Å². The summed E-state index contributed by atoms with van der Waals surface area (Å²) in [6, 6.07) is 10.7. The summed E-state index contributed by atoms with van der Waals surface area (Å²) in [5.41, 5.74) is 0.236. The van der Waals surface area contributed by atoms with Crippen LogP contribution in [-0.2, 0) is 4.84 Å². The van der Waals surface area contributed by atoms with E-state index in [1.165, 1.54) is 24.3 Å². The predicted octanol–water partition coefficient (Wildman–Crippen LogP) is 2.66. The molecule has 0 aliphatic carbocycles. The third-order valence-electron chi connectivity index (χ3n) is 3.25. The number of nitrogens with zero attached hydrogens (tertiary/aromatic N) is 1. The van der Waals surface area contributed by atoms with Crippen molar-refractivity contribution in [2.45, 2.75) is 6.61 Å². The van der Waals surface area contributed by atoms with Crippen molar-refractivity contribution in [1.82, 2.24) is 5.06 Å². The van der Waals surface area contributed by atoms with Crippen LogP contribution in [0, 0.1) is 0 Å². The van der Waals surface area contributed by atoms with Crippen LogP contribution in [0.1, 0.15) is 31.1 Å². The van der Waals surface area contributed by atoms with E-state index in [-0.39, 0.29) is 22.4 Å². The first-order valence-electron chi connectivity index (χ1n) is 6.72. The van der Waals surface area contributed by atoms with Crippen molar-refractivity contribution >= 4 is 17.8 Å². The van der Waals surface area contributed by atoms with Crippen LogP contribution in [0.5, 0.6) is 5.75 Å².